The molecule has 0 radical (unpaired) electrons. The minimum absolute atomic E-state index is 0.186. The standard InChI is InChI=1S/C17H23F2N3O2/c1-17(2,3)20-16(24)22-8-4-7-21(9-10-22)15(23)13-11-12(18)5-6-14(13)19/h5-6,11H,4,7-10H2,1-3H3,(H,20,24). The summed E-state index contributed by atoms with van der Waals surface area (Å²) < 4.78 is 27.1. The number of hydrogen-bond acceptors (Lipinski definition) is 2. The van der Waals surface area contributed by atoms with Gasteiger partial charge in [-0.3, -0.25) is 4.79 Å². The number of nitrogens with one attached hydrogen (secondary N) is 1. The van der Waals surface area contributed by atoms with E-state index in [1.807, 2.05) is 20.8 Å². The minimum Gasteiger partial charge on any atom is -0.337 e. The lowest BCUT2D eigenvalue weighted by atomic mass is 10.1. The van der Waals surface area contributed by atoms with Crippen molar-refractivity contribution < 1.29 is 18.4 Å². The molecule has 5 nitrogen and oxygen atoms in total. The largest absolute Gasteiger partial charge is 0.337 e. The molecule has 0 bridgehead atoms. The molecule has 3 amide bonds. The highest BCUT2D eigenvalue weighted by Crippen LogP contribution is 2.15. The average Bonchev–Trinajstić information content (AvgIpc) is 2.73. The van der Waals surface area contributed by atoms with Gasteiger partial charge in [-0.05, 0) is 45.4 Å². The number of amides is 3. The van der Waals surface area contributed by atoms with Crippen molar-refractivity contribution in [1.82, 2.24) is 15.1 Å². The van der Waals surface area contributed by atoms with Gasteiger partial charge in [0.15, 0.2) is 0 Å². The SMILES string of the molecule is CC(C)(C)NC(=O)N1CCCN(C(=O)c2cc(F)ccc2F)CC1. The Labute approximate surface area is 140 Å². The van der Waals surface area contributed by atoms with E-state index in [0.29, 0.717) is 26.1 Å². The molecular formula is C17H23F2N3O2. The lowest BCUT2D eigenvalue weighted by molar-refractivity contribution is 0.0756. The molecule has 0 spiro atoms. The number of rotatable bonds is 1. The first kappa shape index (κ1) is 18.2. The Kier molecular flexibility index (Phi) is 5.41. The van der Waals surface area contributed by atoms with Crippen LogP contribution in [0.4, 0.5) is 13.6 Å². The van der Waals surface area contributed by atoms with Crippen LogP contribution in [-0.4, -0.2) is 53.5 Å². The summed E-state index contributed by atoms with van der Waals surface area (Å²) in [5, 5.41) is 2.88. The second-order valence-corrected chi connectivity index (χ2v) is 6.94. The van der Waals surface area contributed by atoms with Gasteiger partial charge in [0.1, 0.15) is 11.6 Å². The van der Waals surface area contributed by atoms with E-state index in [-0.39, 0.29) is 23.7 Å². The van der Waals surface area contributed by atoms with Crippen LogP contribution in [0.15, 0.2) is 18.2 Å². The number of nitrogens with zero attached hydrogens (tertiary/aromatic N) is 2. The van der Waals surface area contributed by atoms with Crippen LogP contribution in [0.25, 0.3) is 0 Å². The average molecular weight is 339 g/mol. The number of urea groups is 1. The Hall–Kier alpha value is -2.18. The zero-order valence-corrected chi connectivity index (χ0v) is 14.2. The second kappa shape index (κ2) is 7.15. The maximum Gasteiger partial charge on any atom is 0.317 e. The predicted molar refractivity (Wildman–Crippen MR) is 86.7 cm³/mol. The molecule has 1 aromatic carbocycles. The fraction of sp³-hybridized carbons (Fsp3) is 0.529. The van der Waals surface area contributed by atoms with Gasteiger partial charge in [0.25, 0.3) is 5.91 Å². The summed E-state index contributed by atoms with van der Waals surface area (Å²) in [6.45, 7) is 7.23. The molecule has 1 aliphatic rings. The number of carbonyl (C=O) groups is 2. The highest BCUT2D eigenvalue weighted by Gasteiger charge is 2.26. The van der Waals surface area contributed by atoms with Gasteiger partial charge >= 0.3 is 6.03 Å². The van der Waals surface area contributed by atoms with Gasteiger partial charge < -0.3 is 15.1 Å². The Morgan fingerprint density at radius 2 is 1.67 bits per heavy atom. The van der Waals surface area contributed by atoms with Gasteiger partial charge in [0, 0.05) is 31.7 Å². The van der Waals surface area contributed by atoms with E-state index in [9.17, 15) is 18.4 Å². The monoisotopic (exact) mass is 339 g/mol. The minimum atomic E-state index is -0.743. The molecule has 7 heteroatoms. The lowest BCUT2D eigenvalue weighted by Crippen LogP contribution is -2.49. The maximum absolute atomic E-state index is 13.8. The summed E-state index contributed by atoms with van der Waals surface area (Å²) in [4.78, 5) is 27.7. The fourth-order valence-corrected chi connectivity index (χ4v) is 2.56. The molecule has 1 aromatic rings. The van der Waals surface area contributed by atoms with E-state index < -0.39 is 17.5 Å². The summed E-state index contributed by atoms with van der Waals surface area (Å²) in [6.07, 6.45) is 0.584. The molecule has 0 aromatic heterocycles. The third-order valence-corrected chi connectivity index (χ3v) is 3.71. The number of benzene rings is 1. The Bertz CT molecular complexity index is 629. The van der Waals surface area contributed by atoms with Crippen LogP contribution >= 0.6 is 0 Å². The molecule has 1 aliphatic heterocycles. The van der Waals surface area contributed by atoms with E-state index in [4.69, 9.17) is 0 Å². The zero-order chi connectivity index (χ0) is 17.9. The topological polar surface area (TPSA) is 52.7 Å². The fourth-order valence-electron chi connectivity index (χ4n) is 2.56. The van der Waals surface area contributed by atoms with Crippen molar-refractivity contribution in [2.45, 2.75) is 32.7 Å². The number of halogens is 2. The second-order valence-electron chi connectivity index (χ2n) is 6.94. The summed E-state index contributed by atoms with van der Waals surface area (Å²) >= 11 is 0. The summed E-state index contributed by atoms with van der Waals surface area (Å²) in [5.41, 5.74) is -0.619. The maximum atomic E-state index is 13.8. The van der Waals surface area contributed by atoms with Crippen LogP contribution in [0, 0.1) is 11.6 Å². The molecule has 0 saturated carbocycles. The molecular weight excluding hydrogens is 316 g/mol. The highest BCUT2D eigenvalue weighted by atomic mass is 19.1. The van der Waals surface area contributed by atoms with Crippen molar-refractivity contribution in [2.75, 3.05) is 26.2 Å². The van der Waals surface area contributed by atoms with Crippen molar-refractivity contribution in [1.29, 1.82) is 0 Å². The highest BCUT2D eigenvalue weighted by molar-refractivity contribution is 5.94. The van der Waals surface area contributed by atoms with Gasteiger partial charge in [-0.2, -0.15) is 0 Å². The Morgan fingerprint density at radius 3 is 2.33 bits per heavy atom. The van der Waals surface area contributed by atoms with Gasteiger partial charge in [-0.25, -0.2) is 13.6 Å². The van der Waals surface area contributed by atoms with E-state index in [2.05, 4.69) is 5.32 Å². The van der Waals surface area contributed by atoms with Crippen molar-refractivity contribution >= 4 is 11.9 Å². The lowest BCUT2D eigenvalue weighted by Gasteiger charge is -2.27. The van der Waals surface area contributed by atoms with Gasteiger partial charge in [-0.1, -0.05) is 0 Å². The van der Waals surface area contributed by atoms with Crippen molar-refractivity contribution in [3.63, 3.8) is 0 Å². The normalized spacial score (nSPS) is 15.9. The van der Waals surface area contributed by atoms with Crippen molar-refractivity contribution in [2.24, 2.45) is 0 Å². The first-order valence-electron chi connectivity index (χ1n) is 7.99. The van der Waals surface area contributed by atoms with Crippen LogP contribution in [0.3, 0.4) is 0 Å². The first-order valence-corrected chi connectivity index (χ1v) is 7.99. The molecule has 1 fully saturated rings. The van der Waals surface area contributed by atoms with Gasteiger partial charge in [-0.15, -0.1) is 0 Å². The summed E-state index contributed by atoms with van der Waals surface area (Å²) in [6, 6.07) is 2.65. The van der Waals surface area contributed by atoms with Crippen LogP contribution in [0.2, 0.25) is 0 Å². The Balaban J connectivity index is 2.04. The van der Waals surface area contributed by atoms with Gasteiger partial charge in [0.2, 0.25) is 0 Å². The molecule has 1 saturated heterocycles. The van der Waals surface area contributed by atoms with Crippen molar-refractivity contribution in [3.05, 3.63) is 35.4 Å². The third-order valence-electron chi connectivity index (χ3n) is 3.71. The summed E-state index contributed by atoms with van der Waals surface area (Å²) in [5.74, 6) is -1.95. The molecule has 0 atom stereocenters. The van der Waals surface area contributed by atoms with Crippen LogP contribution < -0.4 is 5.32 Å². The van der Waals surface area contributed by atoms with Crippen LogP contribution in [-0.2, 0) is 0 Å². The van der Waals surface area contributed by atoms with E-state index in [1.165, 1.54) is 4.90 Å². The molecule has 0 unspecified atom stereocenters. The third kappa shape index (κ3) is 4.66. The first-order chi connectivity index (χ1) is 11.2. The van der Waals surface area contributed by atoms with Crippen LogP contribution in [0.1, 0.15) is 37.6 Å². The van der Waals surface area contributed by atoms with E-state index in [1.54, 1.807) is 4.90 Å². The smallest absolute Gasteiger partial charge is 0.317 e. The molecule has 0 aliphatic carbocycles. The zero-order valence-electron chi connectivity index (χ0n) is 14.2. The number of hydrogen-bond donors (Lipinski definition) is 1. The van der Waals surface area contributed by atoms with E-state index in [0.717, 1.165) is 18.2 Å². The Morgan fingerprint density at radius 1 is 1.04 bits per heavy atom. The van der Waals surface area contributed by atoms with Gasteiger partial charge in [0.05, 0.1) is 5.56 Å². The molecule has 24 heavy (non-hydrogen) atoms. The molecule has 132 valence electrons. The van der Waals surface area contributed by atoms with E-state index >= 15 is 0 Å². The predicted octanol–water partition coefficient (Wildman–Crippen LogP) is 2.62. The quantitative estimate of drug-likeness (QED) is 0.855. The molecule has 1 heterocycles. The van der Waals surface area contributed by atoms with Crippen LogP contribution in [0.5, 0.6) is 0 Å². The summed E-state index contributed by atoms with van der Waals surface area (Å²) in [7, 11) is 0. The molecule has 1 N–H and O–H groups in total. The number of carbonyl (C=O) groups excluding carboxylic acids is 2. The molecule has 2 rings (SSSR count). The van der Waals surface area contributed by atoms with Crippen molar-refractivity contribution in [3.8, 4) is 0 Å².